The number of nitro groups is 1. The number of carbonyl (C=O) groups excluding carboxylic acids is 3. The summed E-state index contributed by atoms with van der Waals surface area (Å²) in [5, 5.41) is 16.3. The smallest absolute Gasteiger partial charge is 0.338 e. The molecular weight excluding hydrogens is 458 g/mol. The van der Waals surface area contributed by atoms with E-state index >= 15 is 0 Å². The van der Waals surface area contributed by atoms with Gasteiger partial charge in [-0.2, -0.15) is 0 Å². The lowest BCUT2D eigenvalue weighted by Crippen LogP contribution is -2.45. The highest BCUT2D eigenvalue weighted by Crippen LogP contribution is 2.33. The molecule has 172 valence electrons. The van der Waals surface area contributed by atoms with Crippen molar-refractivity contribution in [3.8, 4) is 11.5 Å². The number of amides is 2. The molecule has 11 nitrogen and oxygen atoms in total. The normalized spacial score (nSPS) is 13.0. The number of nitrogens with one attached hydrogen (secondary N) is 2. The van der Waals surface area contributed by atoms with Gasteiger partial charge in [0.25, 0.3) is 0 Å². The van der Waals surface area contributed by atoms with E-state index in [4.69, 9.17) is 25.8 Å². The molecule has 0 aliphatic carbocycles. The maximum absolute atomic E-state index is 12.4. The van der Waals surface area contributed by atoms with E-state index in [0.717, 1.165) is 0 Å². The number of esters is 2. The van der Waals surface area contributed by atoms with Gasteiger partial charge in [0.05, 0.1) is 34.9 Å². The summed E-state index contributed by atoms with van der Waals surface area (Å²) in [4.78, 5) is 46.5. The number of halogens is 1. The first-order chi connectivity index (χ1) is 15.8. The van der Waals surface area contributed by atoms with E-state index in [1.165, 1.54) is 42.5 Å². The average molecular weight is 476 g/mol. The van der Waals surface area contributed by atoms with Gasteiger partial charge in [0, 0.05) is 11.1 Å². The molecule has 2 aromatic carbocycles. The van der Waals surface area contributed by atoms with Crippen LogP contribution in [0, 0.1) is 10.1 Å². The maximum atomic E-state index is 12.4. The van der Waals surface area contributed by atoms with E-state index in [9.17, 15) is 24.5 Å². The number of hydrogen-bond donors (Lipinski definition) is 2. The number of nitrogens with zero attached hydrogens (tertiary/aromatic N) is 1. The highest BCUT2D eigenvalue weighted by Gasteiger charge is 2.24. The van der Waals surface area contributed by atoms with Gasteiger partial charge in [-0.05, 0) is 43.3 Å². The molecule has 2 aromatic rings. The minimum absolute atomic E-state index is 0.0141. The van der Waals surface area contributed by atoms with Gasteiger partial charge in [0.15, 0.2) is 0 Å². The van der Waals surface area contributed by atoms with Crippen molar-refractivity contribution < 1.29 is 33.5 Å². The van der Waals surface area contributed by atoms with Gasteiger partial charge in [0.1, 0.15) is 12.4 Å². The first kappa shape index (κ1) is 23.5. The van der Waals surface area contributed by atoms with Crippen molar-refractivity contribution >= 4 is 35.3 Å². The second-order valence-electron chi connectivity index (χ2n) is 6.56. The van der Waals surface area contributed by atoms with E-state index in [2.05, 4.69) is 10.6 Å². The minimum Gasteiger partial charge on any atom is -0.463 e. The molecule has 0 saturated heterocycles. The lowest BCUT2D eigenvalue weighted by molar-refractivity contribution is -0.385. The van der Waals surface area contributed by atoms with Crippen LogP contribution in [0.4, 0.5) is 10.5 Å². The van der Waals surface area contributed by atoms with E-state index < -0.39 is 22.9 Å². The van der Waals surface area contributed by atoms with Crippen LogP contribution in [0.1, 0.15) is 17.3 Å². The molecule has 33 heavy (non-hydrogen) atoms. The standard InChI is InChI=1S/C21H18ClN3O8/c1-2-31-20(27)15-10-23-21(28)24-16(15)11-32-19(26)12-3-6-14(7-4-12)33-18-8-5-13(22)9-17(18)25(29)30/h3-9H,2,10-11H2,1H3,(H2,23,24,28). The van der Waals surface area contributed by atoms with Gasteiger partial charge in [-0.15, -0.1) is 0 Å². The molecule has 0 saturated carbocycles. The van der Waals surface area contributed by atoms with E-state index in [0.29, 0.717) is 0 Å². The van der Waals surface area contributed by atoms with Gasteiger partial charge < -0.3 is 24.8 Å². The number of carbonyl (C=O) groups is 3. The van der Waals surface area contributed by atoms with Crippen LogP contribution in [0.5, 0.6) is 11.5 Å². The van der Waals surface area contributed by atoms with E-state index in [1.54, 1.807) is 6.92 Å². The Labute approximate surface area is 192 Å². The summed E-state index contributed by atoms with van der Waals surface area (Å²) in [6.45, 7) is 1.39. The summed E-state index contributed by atoms with van der Waals surface area (Å²) >= 11 is 5.79. The Morgan fingerprint density at radius 2 is 1.85 bits per heavy atom. The largest absolute Gasteiger partial charge is 0.463 e. The quantitative estimate of drug-likeness (QED) is 0.336. The zero-order chi connectivity index (χ0) is 24.0. The highest BCUT2D eigenvalue weighted by atomic mass is 35.5. The van der Waals surface area contributed by atoms with Crippen molar-refractivity contribution in [3.05, 3.63) is 74.4 Å². The molecule has 3 rings (SSSR count). The van der Waals surface area contributed by atoms with Crippen molar-refractivity contribution in [2.45, 2.75) is 6.92 Å². The molecule has 2 amide bonds. The molecular formula is C21H18ClN3O8. The Hall–Kier alpha value is -4.12. The number of nitro benzene ring substituents is 1. The monoisotopic (exact) mass is 475 g/mol. The summed E-state index contributed by atoms with van der Waals surface area (Å²) < 4.78 is 15.7. The van der Waals surface area contributed by atoms with E-state index in [-0.39, 0.29) is 58.8 Å². The minimum atomic E-state index is -0.720. The van der Waals surface area contributed by atoms with Crippen LogP contribution in [0.25, 0.3) is 0 Å². The van der Waals surface area contributed by atoms with Gasteiger partial charge in [-0.1, -0.05) is 11.6 Å². The number of rotatable bonds is 8. The number of ether oxygens (including phenoxy) is 3. The highest BCUT2D eigenvalue weighted by molar-refractivity contribution is 6.30. The fourth-order valence-corrected chi connectivity index (χ4v) is 2.96. The third kappa shape index (κ3) is 5.98. The molecule has 1 aliphatic rings. The average Bonchev–Trinajstić information content (AvgIpc) is 2.79. The molecule has 2 N–H and O–H groups in total. The molecule has 0 aromatic heterocycles. The fraction of sp³-hybridized carbons (Fsp3) is 0.190. The third-order valence-corrected chi connectivity index (χ3v) is 4.59. The molecule has 0 unspecified atom stereocenters. The Balaban J connectivity index is 1.68. The molecule has 0 atom stereocenters. The lowest BCUT2D eigenvalue weighted by atomic mass is 10.1. The lowest BCUT2D eigenvalue weighted by Gasteiger charge is -2.21. The summed E-state index contributed by atoms with van der Waals surface area (Å²) in [5.41, 5.74) is 0.130. The molecule has 0 radical (unpaired) electrons. The Morgan fingerprint density at radius 3 is 2.52 bits per heavy atom. The molecule has 0 spiro atoms. The molecule has 0 fully saturated rings. The van der Waals surface area contributed by atoms with Crippen LogP contribution < -0.4 is 15.4 Å². The van der Waals surface area contributed by atoms with Gasteiger partial charge in [0.2, 0.25) is 5.75 Å². The number of urea groups is 1. The summed E-state index contributed by atoms with van der Waals surface area (Å²) in [5.74, 6) is -1.12. The third-order valence-electron chi connectivity index (χ3n) is 4.36. The van der Waals surface area contributed by atoms with Gasteiger partial charge >= 0.3 is 23.7 Å². The van der Waals surface area contributed by atoms with Crippen molar-refractivity contribution in [3.63, 3.8) is 0 Å². The number of benzene rings is 2. The van der Waals surface area contributed by atoms with Crippen molar-refractivity contribution in [2.75, 3.05) is 19.8 Å². The van der Waals surface area contributed by atoms with Crippen LogP contribution in [-0.4, -0.2) is 42.7 Å². The van der Waals surface area contributed by atoms with Crippen molar-refractivity contribution in [1.82, 2.24) is 10.6 Å². The Bertz CT molecular complexity index is 1130. The first-order valence-corrected chi connectivity index (χ1v) is 9.99. The molecule has 1 heterocycles. The second-order valence-corrected chi connectivity index (χ2v) is 6.99. The first-order valence-electron chi connectivity index (χ1n) is 9.61. The van der Waals surface area contributed by atoms with Crippen LogP contribution in [0.2, 0.25) is 5.02 Å². The van der Waals surface area contributed by atoms with E-state index in [1.807, 2.05) is 0 Å². The van der Waals surface area contributed by atoms with Crippen molar-refractivity contribution in [1.29, 1.82) is 0 Å². The predicted octanol–water partition coefficient (Wildman–Crippen LogP) is 3.33. The zero-order valence-electron chi connectivity index (χ0n) is 17.3. The van der Waals surface area contributed by atoms with Gasteiger partial charge in [-0.3, -0.25) is 10.1 Å². The maximum Gasteiger partial charge on any atom is 0.338 e. The summed E-state index contributed by atoms with van der Waals surface area (Å²) in [7, 11) is 0. The van der Waals surface area contributed by atoms with Crippen LogP contribution in [0.3, 0.4) is 0 Å². The molecule has 12 heteroatoms. The summed E-state index contributed by atoms with van der Waals surface area (Å²) in [6, 6.07) is 9.13. The number of hydrogen-bond acceptors (Lipinski definition) is 8. The predicted molar refractivity (Wildman–Crippen MR) is 115 cm³/mol. The van der Waals surface area contributed by atoms with Crippen LogP contribution >= 0.6 is 11.6 Å². The second kappa shape index (κ2) is 10.5. The SMILES string of the molecule is CCOC(=O)C1=C(COC(=O)c2ccc(Oc3ccc(Cl)cc3[N+](=O)[O-])cc2)NC(=O)NC1. The summed E-state index contributed by atoms with van der Waals surface area (Å²) in [6.07, 6.45) is 0. The van der Waals surface area contributed by atoms with Crippen LogP contribution in [-0.2, 0) is 14.3 Å². The fourth-order valence-electron chi connectivity index (χ4n) is 2.80. The Morgan fingerprint density at radius 1 is 1.12 bits per heavy atom. The Kier molecular flexibility index (Phi) is 7.46. The topological polar surface area (TPSA) is 146 Å². The van der Waals surface area contributed by atoms with Crippen LogP contribution in [0.15, 0.2) is 53.7 Å². The zero-order valence-corrected chi connectivity index (χ0v) is 18.0. The van der Waals surface area contributed by atoms with Gasteiger partial charge in [-0.25, -0.2) is 14.4 Å². The molecule has 0 bridgehead atoms. The van der Waals surface area contributed by atoms with Crippen molar-refractivity contribution in [2.24, 2.45) is 0 Å². The molecule has 1 aliphatic heterocycles.